The lowest BCUT2D eigenvalue weighted by Gasteiger charge is -2.17. The van der Waals surface area contributed by atoms with E-state index >= 15 is 0 Å². The Morgan fingerprint density at radius 3 is 2.75 bits per heavy atom. The highest BCUT2D eigenvalue weighted by Crippen LogP contribution is 2.31. The standard InChI is InChI=1S/C14H11ClF2N2O/c1-9-5-6-18-8-12(9)19-13(20)14(16,17)10-3-2-4-11(15)7-10/h2-8H,1H3,(H,19,20). The molecule has 0 aliphatic heterocycles. The summed E-state index contributed by atoms with van der Waals surface area (Å²) in [6.07, 6.45) is 2.83. The van der Waals surface area contributed by atoms with Crippen LogP contribution in [0.2, 0.25) is 5.02 Å². The van der Waals surface area contributed by atoms with Crippen molar-refractivity contribution in [2.75, 3.05) is 5.32 Å². The van der Waals surface area contributed by atoms with Crippen LogP contribution in [0.4, 0.5) is 14.5 Å². The van der Waals surface area contributed by atoms with Crippen molar-refractivity contribution in [1.29, 1.82) is 0 Å². The molecule has 3 nitrogen and oxygen atoms in total. The number of aryl methyl sites for hydroxylation is 1. The van der Waals surface area contributed by atoms with Crippen LogP contribution in [0.3, 0.4) is 0 Å². The van der Waals surface area contributed by atoms with Crippen molar-refractivity contribution in [1.82, 2.24) is 4.98 Å². The number of aromatic nitrogens is 1. The number of amides is 1. The Balaban J connectivity index is 2.26. The molecule has 1 aromatic heterocycles. The molecule has 0 radical (unpaired) electrons. The van der Waals surface area contributed by atoms with E-state index in [9.17, 15) is 13.6 Å². The van der Waals surface area contributed by atoms with Gasteiger partial charge in [-0.05, 0) is 30.7 Å². The molecule has 0 bridgehead atoms. The summed E-state index contributed by atoms with van der Waals surface area (Å²) in [5.74, 6) is -5.09. The van der Waals surface area contributed by atoms with Gasteiger partial charge in [0.2, 0.25) is 0 Å². The number of hydrogen-bond acceptors (Lipinski definition) is 2. The minimum absolute atomic E-state index is 0.146. The van der Waals surface area contributed by atoms with E-state index in [1.807, 2.05) is 0 Å². The average molecular weight is 297 g/mol. The van der Waals surface area contributed by atoms with Gasteiger partial charge in [-0.3, -0.25) is 9.78 Å². The number of carbonyl (C=O) groups is 1. The van der Waals surface area contributed by atoms with Crippen LogP contribution in [0, 0.1) is 6.92 Å². The smallest absolute Gasteiger partial charge is 0.319 e. The van der Waals surface area contributed by atoms with Gasteiger partial charge in [-0.15, -0.1) is 0 Å². The number of halogens is 3. The first-order chi connectivity index (χ1) is 9.41. The molecule has 2 rings (SSSR count). The van der Waals surface area contributed by atoms with Gasteiger partial charge >= 0.3 is 5.92 Å². The summed E-state index contributed by atoms with van der Waals surface area (Å²) in [4.78, 5) is 15.6. The first kappa shape index (κ1) is 14.4. The van der Waals surface area contributed by atoms with Crippen LogP contribution in [0.15, 0.2) is 42.7 Å². The van der Waals surface area contributed by atoms with Crippen LogP contribution in [-0.2, 0) is 10.7 Å². The maximum atomic E-state index is 14.1. The maximum absolute atomic E-state index is 14.1. The summed E-state index contributed by atoms with van der Waals surface area (Å²) >= 11 is 5.67. The third-order valence-electron chi connectivity index (χ3n) is 2.76. The van der Waals surface area contributed by atoms with Gasteiger partial charge in [0.05, 0.1) is 11.9 Å². The highest BCUT2D eigenvalue weighted by Gasteiger charge is 2.41. The molecule has 1 heterocycles. The molecule has 0 saturated heterocycles. The molecular weight excluding hydrogens is 286 g/mol. The van der Waals surface area contributed by atoms with Gasteiger partial charge in [0.1, 0.15) is 0 Å². The number of rotatable bonds is 3. The number of carbonyl (C=O) groups excluding carboxylic acids is 1. The van der Waals surface area contributed by atoms with E-state index in [-0.39, 0.29) is 10.7 Å². The number of hydrogen-bond donors (Lipinski definition) is 1. The van der Waals surface area contributed by atoms with Gasteiger partial charge in [0, 0.05) is 16.8 Å². The normalized spacial score (nSPS) is 11.2. The van der Waals surface area contributed by atoms with Gasteiger partial charge in [0.15, 0.2) is 0 Å². The molecule has 0 aliphatic rings. The molecule has 6 heteroatoms. The summed E-state index contributed by atoms with van der Waals surface area (Å²) in [6, 6.07) is 6.67. The number of nitrogens with one attached hydrogen (secondary N) is 1. The predicted molar refractivity (Wildman–Crippen MR) is 72.9 cm³/mol. The molecule has 0 aliphatic carbocycles. The zero-order valence-electron chi connectivity index (χ0n) is 10.5. The van der Waals surface area contributed by atoms with Crippen molar-refractivity contribution < 1.29 is 13.6 Å². The van der Waals surface area contributed by atoms with Crippen LogP contribution in [0.25, 0.3) is 0 Å². The Morgan fingerprint density at radius 1 is 1.35 bits per heavy atom. The fourth-order valence-corrected chi connectivity index (χ4v) is 1.80. The Bertz CT molecular complexity index is 647. The predicted octanol–water partition coefficient (Wildman–Crippen LogP) is 3.77. The maximum Gasteiger partial charge on any atom is 0.350 e. The van der Waals surface area contributed by atoms with E-state index < -0.39 is 17.4 Å². The molecule has 20 heavy (non-hydrogen) atoms. The van der Waals surface area contributed by atoms with Crippen LogP contribution in [-0.4, -0.2) is 10.9 Å². The number of nitrogens with zero attached hydrogens (tertiary/aromatic N) is 1. The summed E-state index contributed by atoms with van der Waals surface area (Å²) in [7, 11) is 0. The lowest BCUT2D eigenvalue weighted by molar-refractivity contribution is -0.140. The highest BCUT2D eigenvalue weighted by molar-refractivity contribution is 6.30. The number of pyridine rings is 1. The monoisotopic (exact) mass is 296 g/mol. The third-order valence-corrected chi connectivity index (χ3v) is 2.99. The van der Waals surface area contributed by atoms with Crippen molar-refractivity contribution in [3.8, 4) is 0 Å². The number of anilines is 1. The third kappa shape index (κ3) is 2.93. The van der Waals surface area contributed by atoms with Gasteiger partial charge in [0.25, 0.3) is 5.91 Å². The molecule has 1 N–H and O–H groups in total. The highest BCUT2D eigenvalue weighted by atomic mass is 35.5. The zero-order valence-corrected chi connectivity index (χ0v) is 11.3. The van der Waals surface area contributed by atoms with Gasteiger partial charge < -0.3 is 5.32 Å². The zero-order chi connectivity index (χ0) is 14.8. The molecular formula is C14H11ClF2N2O. The fourth-order valence-electron chi connectivity index (χ4n) is 1.61. The lowest BCUT2D eigenvalue weighted by atomic mass is 10.1. The second-order valence-electron chi connectivity index (χ2n) is 4.23. The Labute approximate surface area is 119 Å². The van der Waals surface area contributed by atoms with E-state index in [4.69, 9.17) is 11.6 Å². The first-order valence-electron chi connectivity index (χ1n) is 5.77. The van der Waals surface area contributed by atoms with E-state index in [0.717, 1.165) is 12.1 Å². The molecule has 0 unspecified atom stereocenters. The van der Waals surface area contributed by atoms with Gasteiger partial charge in [-0.1, -0.05) is 23.7 Å². The molecule has 0 fully saturated rings. The van der Waals surface area contributed by atoms with Crippen molar-refractivity contribution >= 4 is 23.2 Å². The minimum atomic E-state index is -3.67. The van der Waals surface area contributed by atoms with Crippen molar-refractivity contribution in [2.24, 2.45) is 0 Å². The van der Waals surface area contributed by atoms with Crippen molar-refractivity contribution in [2.45, 2.75) is 12.8 Å². The second-order valence-corrected chi connectivity index (χ2v) is 4.67. The van der Waals surface area contributed by atoms with Crippen LogP contribution >= 0.6 is 11.6 Å². The van der Waals surface area contributed by atoms with Crippen LogP contribution < -0.4 is 5.32 Å². The Morgan fingerprint density at radius 2 is 2.10 bits per heavy atom. The quantitative estimate of drug-likeness (QED) is 0.936. The minimum Gasteiger partial charge on any atom is -0.319 e. The molecule has 2 aromatic rings. The Hall–Kier alpha value is -2.01. The molecule has 0 spiro atoms. The number of alkyl halides is 2. The molecule has 0 atom stereocenters. The summed E-state index contributed by atoms with van der Waals surface area (Å²) in [5, 5.41) is 2.32. The largest absolute Gasteiger partial charge is 0.350 e. The SMILES string of the molecule is Cc1ccncc1NC(=O)C(F)(F)c1cccc(Cl)c1. The lowest BCUT2D eigenvalue weighted by Crippen LogP contribution is -2.32. The van der Waals surface area contributed by atoms with Crippen LogP contribution in [0.5, 0.6) is 0 Å². The average Bonchev–Trinajstić information content (AvgIpc) is 2.41. The second kappa shape index (κ2) is 5.54. The van der Waals surface area contributed by atoms with Crippen molar-refractivity contribution in [3.05, 3.63) is 58.9 Å². The van der Waals surface area contributed by atoms with E-state index in [0.29, 0.717) is 5.56 Å². The first-order valence-corrected chi connectivity index (χ1v) is 6.15. The summed E-state index contributed by atoms with van der Waals surface area (Å²) in [5.41, 5.74) is 0.443. The van der Waals surface area contributed by atoms with Crippen molar-refractivity contribution in [3.63, 3.8) is 0 Å². The topological polar surface area (TPSA) is 42.0 Å². The summed E-state index contributed by atoms with van der Waals surface area (Å²) < 4.78 is 28.1. The summed E-state index contributed by atoms with van der Waals surface area (Å²) in [6.45, 7) is 1.69. The van der Waals surface area contributed by atoms with Gasteiger partial charge in [-0.2, -0.15) is 8.78 Å². The van der Waals surface area contributed by atoms with Gasteiger partial charge in [-0.25, -0.2) is 0 Å². The fraction of sp³-hybridized carbons (Fsp3) is 0.143. The molecule has 1 aromatic carbocycles. The van der Waals surface area contributed by atoms with Crippen LogP contribution in [0.1, 0.15) is 11.1 Å². The van der Waals surface area contributed by atoms with E-state index in [1.54, 1.807) is 13.0 Å². The number of benzene rings is 1. The van der Waals surface area contributed by atoms with E-state index in [1.165, 1.54) is 24.5 Å². The van der Waals surface area contributed by atoms with E-state index in [2.05, 4.69) is 10.3 Å². The Kier molecular flexibility index (Phi) is 3.99. The molecule has 0 saturated carbocycles. The molecule has 1 amide bonds. The molecule has 104 valence electrons.